The van der Waals surface area contributed by atoms with Gasteiger partial charge >= 0.3 is 53.4 Å². The number of rotatable bonds is 15. The quantitative estimate of drug-likeness (QED) is 0.0404. The van der Waals surface area contributed by atoms with Crippen molar-refractivity contribution in [1.29, 1.82) is 0 Å². The molecule has 0 bridgehead atoms. The maximum Gasteiger partial charge on any atom is 1.00 e. The Hall–Kier alpha value is -1.29. The average Bonchev–Trinajstić information content (AvgIpc) is 3.64. The van der Waals surface area contributed by atoms with Crippen LogP contribution >= 0.6 is 58.0 Å². The van der Waals surface area contributed by atoms with Gasteiger partial charge in [0.15, 0.2) is 36.4 Å². The molecule has 0 aliphatic carbocycles. The monoisotopic (exact) mass is 1020 g/mol. The number of hydrogen-bond acceptors (Lipinski definition) is 15. The van der Waals surface area contributed by atoms with E-state index in [2.05, 4.69) is 10.0 Å². The standard InChI is InChI=1S/C19H29Cl3O7.C19H29Cl2N3O7.N3.Na/c1-6-13-15(22)9(2)16(25-11(4)23)18(27-13)29-19(8-21)10(3)17(26-12(5)24)14(7-20)28-19;1-6-13-15(21)9(2)16(27-11(4)25)18(29-13)31-19(8-20)10(3)17(28-12(5)26)14(30-19)7-23-24-22;1-3-2;/h9-10,13-18H,6-8H2,1-5H3;9-10,13-18H,6-8H2,1-5H3;;/q;;-1;+1/t2*9-,10-,13+,14+,15+,16+,17-,18+,19-;;/m00../s1. The zero-order valence-electron chi connectivity index (χ0n) is 37.8. The van der Waals surface area contributed by atoms with E-state index in [9.17, 15) is 19.2 Å². The van der Waals surface area contributed by atoms with Gasteiger partial charge in [0.1, 0.15) is 24.4 Å². The second-order valence-corrected chi connectivity index (χ2v) is 17.3. The van der Waals surface area contributed by atoms with Gasteiger partial charge in [-0.25, -0.2) is 0 Å². The minimum absolute atomic E-state index is 0. The van der Waals surface area contributed by atoms with Gasteiger partial charge in [0.05, 0.1) is 59.0 Å². The predicted molar refractivity (Wildman–Crippen MR) is 230 cm³/mol. The normalized spacial score (nSPS) is 38.8. The molecule has 4 fully saturated rings. The van der Waals surface area contributed by atoms with Crippen molar-refractivity contribution >= 4 is 81.9 Å². The summed E-state index contributed by atoms with van der Waals surface area (Å²) < 4.78 is 58.5. The van der Waals surface area contributed by atoms with Crippen molar-refractivity contribution in [2.45, 2.75) is 166 Å². The molecule has 0 N–H and O–H groups in total. The van der Waals surface area contributed by atoms with Gasteiger partial charge in [-0.3, -0.25) is 24.1 Å². The Balaban J connectivity index is 0.000000595. The minimum atomic E-state index is -1.45. The fraction of sp³-hybridized carbons (Fsp3) is 0.895. The molecule has 0 aromatic rings. The predicted octanol–water partition coefficient (Wildman–Crippen LogP) is 4.85. The third kappa shape index (κ3) is 15.4. The van der Waals surface area contributed by atoms with E-state index in [0.717, 1.165) is 0 Å². The van der Waals surface area contributed by atoms with Crippen molar-refractivity contribution < 1.29 is 96.1 Å². The number of halogens is 5. The maximum atomic E-state index is 11.7. The molecule has 4 saturated heterocycles. The van der Waals surface area contributed by atoms with Crippen molar-refractivity contribution in [3.8, 4) is 0 Å². The van der Waals surface area contributed by atoms with Gasteiger partial charge in [-0.05, 0) is 18.4 Å². The van der Waals surface area contributed by atoms with Crippen molar-refractivity contribution in [3.63, 3.8) is 0 Å². The van der Waals surface area contributed by atoms with Crippen LogP contribution in [0.1, 0.15) is 82.1 Å². The fourth-order valence-corrected chi connectivity index (χ4v) is 9.62. The third-order valence-electron chi connectivity index (χ3n) is 11.2. The summed E-state index contributed by atoms with van der Waals surface area (Å²) in [6, 6.07) is 0. The molecule has 0 aromatic carbocycles. The molecule has 64 heavy (non-hydrogen) atoms. The van der Waals surface area contributed by atoms with Crippen LogP contribution in [0.4, 0.5) is 0 Å². The van der Waals surface area contributed by atoms with Crippen LogP contribution in [0.15, 0.2) is 5.11 Å². The summed E-state index contributed by atoms with van der Waals surface area (Å²) in [6.07, 6.45) is -5.70. The second kappa shape index (κ2) is 28.3. The number of ether oxygens (including phenoxy) is 10. The second-order valence-electron chi connectivity index (χ2n) is 15.5. The summed E-state index contributed by atoms with van der Waals surface area (Å²) in [4.78, 5) is 50.8. The SMILES string of the molecule is CC[C@H]1O[C@H](O[C@]2(CCl)O[C@H](CCl)[C@@H](OC(C)=O)[C@@H]2C)[C@H](OC(C)=O)[C@@H](C)[C@H]1Cl.CC[C@H]1O[C@H](O[C@]2(CCl)O[C@H](CN=[N+]=[N-])[C@@H](OC(C)=O)[C@@H]2C)[C@H](OC(C)=O)[C@@H](C)[C@H]1Cl.[N-]=[N+]=[N-].[Na+]. The largest absolute Gasteiger partial charge is 1.00 e. The van der Waals surface area contributed by atoms with Crippen LogP contribution in [-0.2, 0) is 66.5 Å². The molecule has 0 radical (unpaired) electrons. The molecule has 360 valence electrons. The summed E-state index contributed by atoms with van der Waals surface area (Å²) >= 11 is 31.6. The number of esters is 4. The van der Waals surface area contributed by atoms with Gasteiger partial charge in [0.2, 0.25) is 0 Å². The van der Waals surface area contributed by atoms with Gasteiger partial charge in [-0.15, -0.1) is 58.0 Å². The van der Waals surface area contributed by atoms with E-state index in [1.165, 1.54) is 32.6 Å². The van der Waals surface area contributed by atoms with Gasteiger partial charge in [-0.2, -0.15) is 0 Å². The molecule has 4 rings (SSSR count). The van der Waals surface area contributed by atoms with Crippen LogP contribution in [0.2, 0.25) is 0 Å². The van der Waals surface area contributed by atoms with E-state index in [0.29, 0.717) is 12.8 Å². The first-order chi connectivity index (χ1) is 29.6. The van der Waals surface area contributed by atoms with Crippen LogP contribution < -0.4 is 29.6 Å². The zero-order chi connectivity index (χ0) is 48.0. The van der Waals surface area contributed by atoms with Crippen LogP contribution in [0.5, 0.6) is 0 Å². The Morgan fingerprint density at radius 1 is 0.609 bits per heavy atom. The van der Waals surface area contributed by atoms with E-state index >= 15 is 0 Å². The van der Waals surface area contributed by atoms with Crippen molar-refractivity contribution in [2.24, 2.45) is 28.8 Å². The Bertz CT molecular complexity index is 1630. The van der Waals surface area contributed by atoms with Gasteiger partial charge in [-0.1, -0.05) is 46.7 Å². The van der Waals surface area contributed by atoms with Crippen molar-refractivity contribution in [2.75, 3.05) is 24.2 Å². The summed E-state index contributed by atoms with van der Waals surface area (Å²) in [5, 5.41) is 2.79. The number of carbonyl (C=O) groups excluding carboxylic acids is 4. The number of carbonyl (C=O) groups is 4. The van der Waals surface area contributed by atoms with E-state index in [-0.39, 0.29) is 83.2 Å². The van der Waals surface area contributed by atoms with Crippen LogP contribution in [0.3, 0.4) is 0 Å². The summed E-state index contributed by atoms with van der Waals surface area (Å²) in [5.74, 6) is -6.38. The molecule has 4 aliphatic rings. The first kappa shape index (κ1) is 60.7. The van der Waals surface area contributed by atoms with Crippen molar-refractivity contribution in [1.82, 2.24) is 0 Å². The van der Waals surface area contributed by atoms with Gasteiger partial charge in [0.25, 0.3) is 0 Å². The first-order valence-corrected chi connectivity index (χ1v) is 22.7. The Labute approximate surface area is 420 Å². The van der Waals surface area contributed by atoms with Crippen molar-refractivity contribution in [3.05, 3.63) is 26.4 Å². The molecular weight excluding hydrogens is 965 g/mol. The topological polar surface area (TPSA) is 268 Å². The van der Waals surface area contributed by atoms with Crippen LogP contribution in [0.25, 0.3) is 26.4 Å². The number of alkyl halides is 5. The van der Waals surface area contributed by atoms with E-state index < -0.39 is 102 Å². The molecule has 4 heterocycles. The van der Waals surface area contributed by atoms with Gasteiger partial charge < -0.3 is 58.4 Å². The Kier molecular flexibility index (Phi) is 26.8. The van der Waals surface area contributed by atoms with Gasteiger partial charge in [0, 0.05) is 44.4 Å². The summed E-state index contributed by atoms with van der Waals surface area (Å²) in [5.41, 5.74) is 22.2. The van der Waals surface area contributed by atoms with E-state index in [4.69, 9.17) is 122 Å². The molecule has 20 nitrogen and oxygen atoms in total. The third-order valence-corrected chi connectivity index (χ3v) is 13.6. The summed E-state index contributed by atoms with van der Waals surface area (Å²) in [6.45, 7) is 16.3. The number of hydrogen-bond donors (Lipinski definition) is 0. The van der Waals surface area contributed by atoms with E-state index in [1.807, 2.05) is 27.7 Å². The number of azide groups is 1. The molecule has 0 saturated carbocycles. The number of nitrogens with zero attached hydrogens (tertiary/aromatic N) is 6. The smallest absolute Gasteiger partial charge is 0.459 e. The first-order valence-electron chi connectivity index (χ1n) is 20.3. The van der Waals surface area contributed by atoms with E-state index in [1.54, 1.807) is 13.8 Å². The molecule has 0 unspecified atom stereocenters. The van der Waals surface area contributed by atoms with Crippen LogP contribution in [-0.4, -0.2) is 132 Å². The molecule has 0 aromatic heterocycles. The Morgan fingerprint density at radius 2 is 0.938 bits per heavy atom. The fourth-order valence-electron chi connectivity index (χ4n) is 7.88. The minimum Gasteiger partial charge on any atom is -0.459 e. The molecule has 0 spiro atoms. The maximum absolute atomic E-state index is 11.7. The molecule has 18 atom stereocenters. The summed E-state index contributed by atoms with van der Waals surface area (Å²) in [7, 11) is 0. The van der Waals surface area contributed by atoms with Crippen LogP contribution in [0, 0.1) is 23.7 Å². The average molecular weight is 1020 g/mol. The Morgan fingerprint density at radius 3 is 1.23 bits per heavy atom. The molecular formula is C38H58Cl5N6NaO14. The molecule has 26 heteroatoms. The molecule has 4 aliphatic heterocycles. The molecule has 0 amide bonds. The zero-order valence-corrected chi connectivity index (χ0v) is 43.5.